The van der Waals surface area contributed by atoms with Gasteiger partial charge in [-0.05, 0) is 30.7 Å². The van der Waals surface area contributed by atoms with Crippen LogP contribution in [-0.2, 0) is 4.79 Å². The van der Waals surface area contributed by atoms with E-state index >= 15 is 0 Å². The molecular formula is C14H14FNO. The smallest absolute Gasteiger partial charge is 0.244 e. The minimum absolute atomic E-state index is 0.174. The molecule has 0 saturated carbocycles. The number of carbonyl (C=O) groups excluding carboxylic acids is 1. The van der Waals surface area contributed by atoms with E-state index in [1.54, 1.807) is 25.1 Å². The lowest BCUT2D eigenvalue weighted by molar-refractivity contribution is -0.116. The Bertz CT molecular complexity index is 451. The molecule has 0 aliphatic rings. The van der Waals surface area contributed by atoms with Crippen molar-refractivity contribution in [1.82, 2.24) is 5.32 Å². The first-order valence-corrected chi connectivity index (χ1v) is 5.33. The third-order valence-corrected chi connectivity index (χ3v) is 2.02. The second-order valence-electron chi connectivity index (χ2n) is 3.35. The van der Waals surface area contributed by atoms with Crippen LogP contribution < -0.4 is 5.32 Å². The van der Waals surface area contributed by atoms with Crippen LogP contribution in [0.25, 0.3) is 6.08 Å². The molecular weight excluding hydrogens is 217 g/mol. The van der Waals surface area contributed by atoms with E-state index in [1.165, 1.54) is 18.2 Å². The van der Waals surface area contributed by atoms with Crippen LogP contribution in [0.4, 0.5) is 4.39 Å². The Morgan fingerprint density at radius 3 is 2.76 bits per heavy atom. The largest absolute Gasteiger partial charge is 0.352 e. The van der Waals surface area contributed by atoms with Crippen molar-refractivity contribution >= 4 is 12.0 Å². The summed E-state index contributed by atoms with van der Waals surface area (Å²) in [4.78, 5) is 11.3. The first-order valence-electron chi connectivity index (χ1n) is 5.33. The average Bonchev–Trinajstić information content (AvgIpc) is 2.34. The number of hydrogen-bond acceptors (Lipinski definition) is 1. The van der Waals surface area contributed by atoms with Crippen molar-refractivity contribution in [2.24, 2.45) is 0 Å². The minimum atomic E-state index is -0.287. The van der Waals surface area contributed by atoms with Gasteiger partial charge in [0.2, 0.25) is 5.91 Å². The molecule has 0 spiro atoms. The first-order chi connectivity index (χ1) is 8.22. The fraction of sp³-hybridized carbons (Fsp3) is 0.214. The fourth-order valence-electron chi connectivity index (χ4n) is 1.18. The van der Waals surface area contributed by atoms with Crippen molar-refractivity contribution in [3.05, 3.63) is 41.7 Å². The number of rotatable bonds is 4. The molecule has 3 heteroatoms. The van der Waals surface area contributed by atoms with Crippen LogP contribution >= 0.6 is 0 Å². The molecule has 17 heavy (non-hydrogen) atoms. The van der Waals surface area contributed by atoms with Crippen LogP contribution in [0.1, 0.15) is 18.9 Å². The Balaban J connectivity index is 2.39. The van der Waals surface area contributed by atoms with Gasteiger partial charge in [0.25, 0.3) is 0 Å². The van der Waals surface area contributed by atoms with Crippen LogP contribution in [0, 0.1) is 17.7 Å². The quantitative estimate of drug-likeness (QED) is 0.481. The van der Waals surface area contributed by atoms with Crippen molar-refractivity contribution in [2.45, 2.75) is 13.3 Å². The highest BCUT2D eigenvalue weighted by molar-refractivity contribution is 5.91. The maximum Gasteiger partial charge on any atom is 0.244 e. The molecule has 0 aliphatic heterocycles. The van der Waals surface area contributed by atoms with Gasteiger partial charge in [0, 0.05) is 19.0 Å². The highest BCUT2D eigenvalue weighted by atomic mass is 19.1. The zero-order valence-electron chi connectivity index (χ0n) is 9.66. The molecule has 2 nitrogen and oxygen atoms in total. The van der Waals surface area contributed by atoms with E-state index < -0.39 is 0 Å². The van der Waals surface area contributed by atoms with Gasteiger partial charge < -0.3 is 5.32 Å². The van der Waals surface area contributed by atoms with E-state index in [2.05, 4.69) is 17.2 Å². The van der Waals surface area contributed by atoms with Crippen molar-refractivity contribution in [2.75, 3.05) is 6.54 Å². The molecule has 1 aromatic carbocycles. The number of carbonyl (C=O) groups is 1. The molecule has 0 saturated heterocycles. The highest BCUT2D eigenvalue weighted by Crippen LogP contribution is 2.04. The lowest BCUT2D eigenvalue weighted by Crippen LogP contribution is -2.21. The van der Waals surface area contributed by atoms with E-state index in [0.717, 1.165) is 5.56 Å². The van der Waals surface area contributed by atoms with Crippen molar-refractivity contribution in [3.8, 4) is 11.8 Å². The Morgan fingerprint density at radius 2 is 2.12 bits per heavy atom. The molecule has 0 heterocycles. The summed E-state index contributed by atoms with van der Waals surface area (Å²) < 4.78 is 12.6. The molecule has 0 atom stereocenters. The van der Waals surface area contributed by atoms with E-state index in [-0.39, 0.29) is 11.7 Å². The second-order valence-corrected chi connectivity index (χ2v) is 3.35. The molecule has 0 aliphatic carbocycles. The normalized spacial score (nSPS) is 9.76. The molecule has 0 fully saturated rings. The van der Waals surface area contributed by atoms with Gasteiger partial charge in [-0.2, -0.15) is 0 Å². The molecule has 0 aromatic heterocycles. The number of halogens is 1. The van der Waals surface area contributed by atoms with E-state index in [0.29, 0.717) is 13.0 Å². The standard InChI is InChI=1S/C14H14FNO/c1-2-3-4-11-16-14(17)10-7-12-5-8-13(15)9-6-12/h5-10H,4,11H2,1H3,(H,16,17)/b10-7+. The molecule has 1 N–H and O–H groups in total. The van der Waals surface area contributed by atoms with Crippen LogP contribution in [0.5, 0.6) is 0 Å². The summed E-state index contributed by atoms with van der Waals surface area (Å²) in [5, 5.41) is 2.70. The number of benzene rings is 1. The van der Waals surface area contributed by atoms with Crippen molar-refractivity contribution < 1.29 is 9.18 Å². The lowest BCUT2D eigenvalue weighted by Gasteiger charge is -1.97. The Kier molecular flexibility index (Phi) is 5.53. The molecule has 0 unspecified atom stereocenters. The monoisotopic (exact) mass is 231 g/mol. The van der Waals surface area contributed by atoms with Gasteiger partial charge in [0.05, 0.1) is 0 Å². The van der Waals surface area contributed by atoms with Crippen LogP contribution in [-0.4, -0.2) is 12.5 Å². The van der Waals surface area contributed by atoms with Gasteiger partial charge >= 0.3 is 0 Å². The maximum atomic E-state index is 12.6. The molecule has 1 aromatic rings. The van der Waals surface area contributed by atoms with E-state index in [9.17, 15) is 9.18 Å². The topological polar surface area (TPSA) is 29.1 Å². The Morgan fingerprint density at radius 1 is 1.41 bits per heavy atom. The summed E-state index contributed by atoms with van der Waals surface area (Å²) in [6.45, 7) is 2.30. The summed E-state index contributed by atoms with van der Waals surface area (Å²) in [7, 11) is 0. The van der Waals surface area contributed by atoms with Gasteiger partial charge in [-0.3, -0.25) is 4.79 Å². The minimum Gasteiger partial charge on any atom is -0.352 e. The average molecular weight is 231 g/mol. The molecule has 0 bridgehead atoms. The van der Waals surface area contributed by atoms with E-state index in [4.69, 9.17) is 0 Å². The highest BCUT2D eigenvalue weighted by Gasteiger charge is 1.94. The molecule has 1 rings (SSSR count). The predicted molar refractivity (Wildman–Crippen MR) is 66.5 cm³/mol. The van der Waals surface area contributed by atoms with Crippen LogP contribution in [0.15, 0.2) is 30.3 Å². The van der Waals surface area contributed by atoms with Crippen LogP contribution in [0.2, 0.25) is 0 Å². The van der Waals surface area contributed by atoms with Gasteiger partial charge in [0.1, 0.15) is 5.82 Å². The Hall–Kier alpha value is -2.08. The van der Waals surface area contributed by atoms with Gasteiger partial charge in [-0.25, -0.2) is 4.39 Å². The zero-order valence-corrected chi connectivity index (χ0v) is 9.66. The fourth-order valence-corrected chi connectivity index (χ4v) is 1.18. The predicted octanol–water partition coefficient (Wildman–Crippen LogP) is 2.37. The zero-order chi connectivity index (χ0) is 12.5. The molecule has 1 amide bonds. The van der Waals surface area contributed by atoms with Gasteiger partial charge in [0.15, 0.2) is 0 Å². The van der Waals surface area contributed by atoms with Gasteiger partial charge in [-0.15, -0.1) is 11.8 Å². The number of nitrogens with one attached hydrogen (secondary N) is 1. The first kappa shape index (κ1) is 13.0. The summed E-state index contributed by atoms with van der Waals surface area (Å²) in [6.07, 6.45) is 3.71. The number of hydrogen-bond donors (Lipinski definition) is 1. The van der Waals surface area contributed by atoms with Crippen molar-refractivity contribution in [3.63, 3.8) is 0 Å². The summed E-state index contributed by atoms with van der Waals surface area (Å²) in [5.41, 5.74) is 0.787. The van der Waals surface area contributed by atoms with Gasteiger partial charge in [-0.1, -0.05) is 12.1 Å². The second kappa shape index (κ2) is 7.24. The lowest BCUT2D eigenvalue weighted by atomic mass is 10.2. The SMILES string of the molecule is CC#CCCNC(=O)/C=C/c1ccc(F)cc1. The third-order valence-electron chi connectivity index (χ3n) is 2.02. The summed E-state index contributed by atoms with van der Waals surface area (Å²) in [5.74, 6) is 5.14. The van der Waals surface area contributed by atoms with E-state index in [1.807, 2.05) is 0 Å². The molecule has 0 radical (unpaired) electrons. The maximum absolute atomic E-state index is 12.6. The number of amides is 1. The molecule has 88 valence electrons. The summed E-state index contributed by atoms with van der Waals surface area (Å²) >= 11 is 0. The third kappa shape index (κ3) is 5.53. The Labute approximate surface area is 101 Å². The van der Waals surface area contributed by atoms with Crippen molar-refractivity contribution in [1.29, 1.82) is 0 Å². The summed E-state index contributed by atoms with van der Waals surface area (Å²) in [6, 6.07) is 5.94. The van der Waals surface area contributed by atoms with Crippen LogP contribution in [0.3, 0.4) is 0 Å².